The number of carboxylic acid groups (broad SMARTS) is 1. The van der Waals surface area contributed by atoms with Crippen LogP contribution in [-0.2, 0) is 4.43 Å². The Morgan fingerprint density at radius 3 is 2.30 bits per heavy atom. The second kappa shape index (κ2) is 9.32. The number of carbonyl (C=O) groups is 1. The quantitative estimate of drug-likeness (QED) is 0.284. The van der Waals surface area contributed by atoms with Crippen LogP contribution >= 0.6 is 0 Å². The van der Waals surface area contributed by atoms with Crippen LogP contribution in [-0.4, -0.2) is 75.7 Å². The SMILES string of the molecule is CN1CCN(c2cc(C(=O)O)c(OCCO[Si](C)(C)C(C)(C)C)c([N+](=O)[O-])c2)CC1. The number of hydrogen-bond donors (Lipinski definition) is 1. The first kappa shape index (κ1) is 24.1. The Morgan fingerprint density at radius 2 is 1.80 bits per heavy atom. The maximum absolute atomic E-state index is 11.9. The lowest BCUT2D eigenvalue weighted by Crippen LogP contribution is -2.44. The predicted molar refractivity (Wildman–Crippen MR) is 118 cm³/mol. The molecule has 1 fully saturated rings. The van der Waals surface area contributed by atoms with E-state index in [4.69, 9.17) is 9.16 Å². The van der Waals surface area contributed by atoms with Crippen molar-refractivity contribution in [1.29, 1.82) is 0 Å². The lowest BCUT2D eigenvalue weighted by molar-refractivity contribution is -0.385. The Morgan fingerprint density at radius 1 is 1.20 bits per heavy atom. The first-order valence-corrected chi connectivity index (χ1v) is 13.0. The van der Waals surface area contributed by atoms with Crippen molar-refractivity contribution in [3.8, 4) is 5.75 Å². The van der Waals surface area contributed by atoms with Gasteiger partial charge in [0.15, 0.2) is 8.32 Å². The molecule has 0 aromatic heterocycles. The van der Waals surface area contributed by atoms with E-state index in [-0.39, 0.29) is 35.3 Å². The Hall–Kier alpha value is -2.17. The number of nitro groups is 1. The van der Waals surface area contributed by atoms with Gasteiger partial charge in [-0.15, -0.1) is 0 Å². The topological polar surface area (TPSA) is 105 Å². The van der Waals surface area contributed by atoms with Gasteiger partial charge in [-0.3, -0.25) is 10.1 Å². The smallest absolute Gasteiger partial charge is 0.339 e. The first-order valence-electron chi connectivity index (χ1n) is 10.1. The summed E-state index contributed by atoms with van der Waals surface area (Å²) in [7, 11) is 0.0133. The molecule has 30 heavy (non-hydrogen) atoms. The monoisotopic (exact) mass is 439 g/mol. The summed E-state index contributed by atoms with van der Waals surface area (Å²) in [6, 6.07) is 2.87. The van der Waals surface area contributed by atoms with Gasteiger partial charge in [0.05, 0.1) is 11.5 Å². The lowest BCUT2D eigenvalue weighted by atomic mass is 10.1. The molecule has 10 heteroatoms. The Bertz CT molecular complexity index is 750. The van der Waals surface area contributed by atoms with Crippen LogP contribution in [0.3, 0.4) is 0 Å². The van der Waals surface area contributed by atoms with Gasteiger partial charge in [-0.1, -0.05) is 20.8 Å². The second-order valence-corrected chi connectivity index (χ2v) is 14.0. The minimum Gasteiger partial charge on any atom is -0.484 e. The highest BCUT2D eigenvalue weighted by atomic mass is 28.4. The highest BCUT2D eigenvalue weighted by Gasteiger charge is 2.37. The van der Waals surface area contributed by atoms with E-state index in [1.54, 1.807) is 0 Å². The van der Waals surface area contributed by atoms with E-state index in [9.17, 15) is 20.0 Å². The molecule has 1 aromatic carbocycles. The van der Waals surface area contributed by atoms with Gasteiger partial charge >= 0.3 is 11.7 Å². The van der Waals surface area contributed by atoms with Gasteiger partial charge in [0.1, 0.15) is 12.2 Å². The van der Waals surface area contributed by atoms with E-state index in [0.717, 1.165) is 13.1 Å². The van der Waals surface area contributed by atoms with E-state index in [1.807, 2.05) is 11.9 Å². The van der Waals surface area contributed by atoms with Crippen LogP contribution in [0.1, 0.15) is 31.1 Å². The minimum atomic E-state index is -1.99. The summed E-state index contributed by atoms with van der Waals surface area (Å²) in [5.41, 5.74) is -0.0151. The molecule has 1 aliphatic heterocycles. The number of likely N-dealkylation sites (N-methyl/N-ethyl adjacent to an activating group) is 1. The van der Waals surface area contributed by atoms with Gasteiger partial charge in [0.2, 0.25) is 5.75 Å². The van der Waals surface area contributed by atoms with Gasteiger partial charge in [0, 0.05) is 37.9 Å². The van der Waals surface area contributed by atoms with Gasteiger partial charge in [0.25, 0.3) is 0 Å². The maximum atomic E-state index is 11.9. The number of rotatable bonds is 8. The molecular formula is C20H33N3O6Si. The summed E-state index contributed by atoms with van der Waals surface area (Å²) in [4.78, 5) is 27.1. The van der Waals surface area contributed by atoms with Gasteiger partial charge < -0.3 is 24.1 Å². The number of carboxylic acids is 1. The average molecular weight is 440 g/mol. The van der Waals surface area contributed by atoms with Crippen LogP contribution in [0.2, 0.25) is 18.1 Å². The molecule has 9 nitrogen and oxygen atoms in total. The number of anilines is 1. The summed E-state index contributed by atoms with van der Waals surface area (Å²) in [6.45, 7) is 13.8. The second-order valence-electron chi connectivity index (χ2n) is 9.15. The molecule has 2 rings (SSSR count). The third kappa shape index (κ3) is 5.70. The maximum Gasteiger partial charge on any atom is 0.339 e. The van der Waals surface area contributed by atoms with Crippen molar-refractivity contribution < 1.29 is 24.0 Å². The first-order chi connectivity index (χ1) is 13.8. The van der Waals surface area contributed by atoms with Crippen LogP contribution in [0, 0.1) is 10.1 Å². The highest BCUT2D eigenvalue weighted by molar-refractivity contribution is 6.74. The molecule has 0 radical (unpaired) electrons. The van der Waals surface area contributed by atoms with Crippen molar-refractivity contribution in [3.05, 3.63) is 27.8 Å². The van der Waals surface area contributed by atoms with Crippen LogP contribution in [0.4, 0.5) is 11.4 Å². The van der Waals surface area contributed by atoms with Crippen LogP contribution in [0.25, 0.3) is 0 Å². The molecule has 0 amide bonds. The zero-order chi connectivity index (χ0) is 22.7. The summed E-state index contributed by atoms with van der Waals surface area (Å²) in [6.07, 6.45) is 0. The fourth-order valence-corrected chi connectivity index (χ4v) is 3.98. The largest absolute Gasteiger partial charge is 0.484 e. The molecule has 1 aromatic rings. The zero-order valence-electron chi connectivity index (χ0n) is 18.7. The van der Waals surface area contributed by atoms with E-state index >= 15 is 0 Å². The fourth-order valence-electron chi connectivity index (χ4n) is 2.95. The normalized spacial score (nSPS) is 15.9. The molecule has 1 aliphatic rings. The van der Waals surface area contributed by atoms with Crippen molar-refractivity contribution in [3.63, 3.8) is 0 Å². The number of hydrogen-bond acceptors (Lipinski definition) is 7. The molecule has 0 spiro atoms. The van der Waals surface area contributed by atoms with Crippen molar-refractivity contribution in [1.82, 2.24) is 4.90 Å². The average Bonchev–Trinajstić information content (AvgIpc) is 2.64. The molecule has 1 saturated heterocycles. The number of piperazine rings is 1. The molecule has 0 bridgehead atoms. The molecule has 1 N–H and O–H groups in total. The number of nitrogens with zero attached hydrogens (tertiary/aromatic N) is 3. The van der Waals surface area contributed by atoms with Crippen LogP contribution in [0.5, 0.6) is 5.75 Å². The predicted octanol–water partition coefficient (Wildman–Crippen LogP) is 3.45. The summed E-state index contributed by atoms with van der Waals surface area (Å²) >= 11 is 0. The molecule has 0 atom stereocenters. The fraction of sp³-hybridized carbons (Fsp3) is 0.650. The van der Waals surface area contributed by atoms with E-state index in [0.29, 0.717) is 18.8 Å². The van der Waals surface area contributed by atoms with Gasteiger partial charge in [-0.2, -0.15) is 0 Å². The summed E-state index contributed by atoms with van der Waals surface area (Å²) < 4.78 is 11.6. The van der Waals surface area contributed by atoms with E-state index in [1.165, 1.54) is 12.1 Å². The molecular weight excluding hydrogens is 406 g/mol. The van der Waals surface area contributed by atoms with Crippen LogP contribution < -0.4 is 9.64 Å². The van der Waals surface area contributed by atoms with Crippen molar-refractivity contribution in [2.45, 2.75) is 38.9 Å². The third-order valence-corrected chi connectivity index (χ3v) is 10.5. The Labute approximate surface area is 178 Å². The number of ether oxygens (including phenoxy) is 1. The lowest BCUT2D eigenvalue weighted by Gasteiger charge is -2.36. The molecule has 0 aliphatic carbocycles. The molecule has 168 valence electrons. The molecule has 0 saturated carbocycles. The van der Waals surface area contributed by atoms with E-state index in [2.05, 4.69) is 38.8 Å². The van der Waals surface area contributed by atoms with Crippen molar-refractivity contribution >= 4 is 25.7 Å². The Balaban J connectivity index is 2.23. The Kier molecular flexibility index (Phi) is 7.48. The zero-order valence-corrected chi connectivity index (χ0v) is 19.7. The number of nitro benzene ring substituents is 1. The van der Waals surface area contributed by atoms with Crippen molar-refractivity contribution in [2.75, 3.05) is 51.3 Å². The number of aromatic carboxylic acids is 1. The van der Waals surface area contributed by atoms with Gasteiger partial charge in [-0.25, -0.2) is 4.79 Å². The molecule has 1 heterocycles. The third-order valence-electron chi connectivity index (χ3n) is 5.95. The van der Waals surface area contributed by atoms with E-state index < -0.39 is 19.2 Å². The highest BCUT2D eigenvalue weighted by Crippen LogP contribution is 2.38. The number of benzene rings is 1. The summed E-state index contributed by atoms with van der Waals surface area (Å²) in [5, 5.41) is 21.4. The van der Waals surface area contributed by atoms with Crippen molar-refractivity contribution in [2.24, 2.45) is 0 Å². The standard InChI is InChI=1S/C20H33N3O6Si/c1-20(2,3)30(5,6)29-12-11-28-18-16(19(24)25)13-15(14-17(18)23(26)27)22-9-7-21(4)8-10-22/h13-14H,7-12H2,1-6H3,(H,24,25). The van der Waals surface area contributed by atoms with Gasteiger partial charge in [-0.05, 0) is 31.2 Å². The minimum absolute atomic E-state index is 0.0232. The summed E-state index contributed by atoms with van der Waals surface area (Å²) in [5.74, 6) is -1.47. The van der Waals surface area contributed by atoms with Crippen LogP contribution in [0.15, 0.2) is 12.1 Å². The molecule has 0 unspecified atom stereocenters.